The first-order chi connectivity index (χ1) is 17.4. The van der Waals surface area contributed by atoms with Gasteiger partial charge in [0.05, 0.1) is 17.4 Å². The second-order valence-corrected chi connectivity index (χ2v) is 8.44. The zero-order valence-corrected chi connectivity index (χ0v) is 19.7. The molecule has 0 aliphatic heterocycles. The van der Waals surface area contributed by atoms with Crippen LogP contribution in [-0.4, -0.2) is 37.1 Å². The molecule has 0 saturated heterocycles. The number of carboxylic acids is 1. The number of aliphatic carboxylic acids is 1. The van der Waals surface area contributed by atoms with Gasteiger partial charge in [0.1, 0.15) is 5.52 Å². The number of carbonyl (C=O) groups is 2. The van der Waals surface area contributed by atoms with Gasteiger partial charge in [-0.1, -0.05) is 48.5 Å². The molecule has 0 radical (unpaired) electrons. The molecule has 3 aromatic carbocycles. The standard InChI is InChI=1S/C27H26N4O5/c1-2-17-7-9-19(10-8-17)25(33)28-20-13-11-18(12-14-20)24(32)22(27(35)36)15-16-31-26(34)21-5-3-4-6-23(21)29-30-31/h3-14,22,24,32H,2,15-16H2,1H3,(H,28,33)(H,35,36)/t22-,24?/m0/s1. The van der Waals surface area contributed by atoms with Crippen molar-refractivity contribution in [3.8, 4) is 0 Å². The van der Waals surface area contributed by atoms with Crippen molar-refractivity contribution in [1.82, 2.24) is 15.0 Å². The Bertz CT molecular complexity index is 1430. The topological polar surface area (TPSA) is 134 Å². The van der Waals surface area contributed by atoms with E-state index in [0.717, 1.165) is 16.7 Å². The number of anilines is 1. The average molecular weight is 487 g/mol. The second-order valence-electron chi connectivity index (χ2n) is 8.44. The Morgan fingerprint density at radius 1 is 1.00 bits per heavy atom. The van der Waals surface area contributed by atoms with Gasteiger partial charge in [0, 0.05) is 17.8 Å². The van der Waals surface area contributed by atoms with E-state index in [2.05, 4.69) is 15.6 Å². The summed E-state index contributed by atoms with van der Waals surface area (Å²) in [6.07, 6.45) is -0.469. The van der Waals surface area contributed by atoms with E-state index in [1.54, 1.807) is 60.7 Å². The Morgan fingerprint density at radius 2 is 1.69 bits per heavy atom. The van der Waals surface area contributed by atoms with Crippen LogP contribution < -0.4 is 10.9 Å². The van der Waals surface area contributed by atoms with Gasteiger partial charge in [-0.2, -0.15) is 0 Å². The zero-order valence-electron chi connectivity index (χ0n) is 19.7. The van der Waals surface area contributed by atoms with E-state index in [-0.39, 0.29) is 24.4 Å². The van der Waals surface area contributed by atoms with E-state index in [9.17, 15) is 24.6 Å². The highest BCUT2D eigenvalue weighted by Gasteiger charge is 2.28. The van der Waals surface area contributed by atoms with E-state index in [4.69, 9.17) is 0 Å². The molecule has 1 unspecified atom stereocenters. The SMILES string of the molecule is CCc1ccc(C(=O)Nc2ccc(C(O)[C@H](CCn3nnc4ccccc4c3=O)C(=O)O)cc2)cc1. The zero-order chi connectivity index (χ0) is 25.7. The Labute approximate surface area is 207 Å². The molecule has 0 aliphatic rings. The number of carboxylic acid groups (broad SMARTS) is 1. The third-order valence-corrected chi connectivity index (χ3v) is 6.11. The van der Waals surface area contributed by atoms with E-state index < -0.39 is 18.0 Å². The molecule has 1 heterocycles. The highest BCUT2D eigenvalue weighted by molar-refractivity contribution is 6.04. The fourth-order valence-electron chi connectivity index (χ4n) is 3.94. The van der Waals surface area contributed by atoms with Crippen molar-refractivity contribution in [2.45, 2.75) is 32.4 Å². The highest BCUT2D eigenvalue weighted by Crippen LogP contribution is 2.27. The molecule has 36 heavy (non-hydrogen) atoms. The molecule has 4 aromatic rings. The molecule has 1 aromatic heterocycles. The number of fused-ring (bicyclic) bond motifs is 1. The van der Waals surface area contributed by atoms with Crippen molar-refractivity contribution >= 4 is 28.5 Å². The number of benzene rings is 3. The molecule has 9 nitrogen and oxygen atoms in total. The van der Waals surface area contributed by atoms with Gasteiger partial charge in [0.15, 0.2) is 0 Å². The monoisotopic (exact) mass is 486 g/mol. The lowest BCUT2D eigenvalue weighted by Crippen LogP contribution is -2.29. The van der Waals surface area contributed by atoms with Crippen LogP contribution in [0.15, 0.2) is 77.6 Å². The number of carbonyl (C=O) groups excluding carboxylic acids is 1. The molecular formula is C27H26N4O5. The van der Waals surface area contributed by atoms with Crippen molar-refractivity contribution in [3.05, 3.63) is 99.8 Å². The van der Waals surface area contributed by atoms with Gasteiger partial charge in [-0.05, 0) is 60.4 Å². The van der Waals surface area contributed by atoms with Gasteiger partial charge in [0.2, 0.25) is 0 Å². The number of hydrogen-bond acceptors (Lipinski definition) is 6. The van der Waals surface area contributed by atoms with Crippen molar-refractivity contribution in [2.75, 3.05) is 5.32 Å². The number of nitrogens with one attached hydrogen (secondary N) is 1. The van der Waals surface area contributed by atoms with Crippen LogP contribution >= 0.6 is 0 Å². The lowest BCUT2D eigenvalue weighted by Gasteiger charge is -2.20. The smallest absolute Gasteiger partial charge is 0.309 e. The van der Waals surface area contributed by atoms with E-state index >= 15 is 0 Å². The summed E-state index contributed by atoms with van der Waals surface area (Å²) in [5.41, 5.74) is 2.64. The number of nitrogens with zero attached hydrogens (tertiary/aromatic N) is 3. The minimum Gasteiger partial charge on any atom is -0.481 e. The molecule has 3 N–H and O–H groups in total. The third kappa shape index (κ3) is 5.47. The van der Waals surface area contributed by atoms with E-state index in [1.165, 1.54) is 0 Å². The molecule has 4 rings (SSSR count). The van der Waals surface area contributed by atoms with Crippen LogP contribution in [-0.2, 0) is 17.8 Å². The number of amides is 1. The fraction of sp³-hybridized carbons (Fsp3) is 0.222. The maximum atomic E-state index is 12.6. The molecule has 0 fully saturated rings. The Hall–Kier alpha value is -4.37. The lowest BCUT2D eigenvalue weighted by atomic mass is 9.92. The van der Waals surface area contributed by atoms with Crippen LogP contribution in [0.1, 0.15) is 40.9 Å². The van der Waals surface area contributed by atoms with Crippen LogP contribution in [0.4, 0.5) is 5.69 Å². The Balaban J connectivity index is 1.43. The molecular weight excluding hydrogens is 460 g/mol. The quantitative estimate of drug-likeness (QED) is 0.330. The summed E-state index contributed by atoms with van der Waals surface area (Å²) in [6.45, 7) is 2.02. The molecule has 0 saturated carbocycles. The summed E-state index contributed by atoms with van der Waals surface area (Å²) in [6, 6.07) is 20.4. The predicted octanol–water partition coefficient (Wildman–Crippen LogP) is 3.43. The minimum atomic E-state index is -1.32. The summed E-state index contributed by atoms with van der Waals surface area (Å²) in [5, 5.41) is 31.6. The van der Waals surface area contributed by atoms with Gasteiger partial charge in [-0.25, -0.2) is 4.68 Å². The van der Waals surface area contributed by atoms with Gasteiger partial charge >= 0.3 is 5.97 Å². The number of aryl methyl sites for hydroxylation is 2. The van der Waals surface area contributed by atoms with Gasteiger partial charge < -0.3 is 15.5 Å². The van der Waals surface area contributed by atoms with Crippen molar-refractivity contribution in [2.24, 2.45) is 5.92 Å². The van der Waals surface area contributed by atoms with Crippen LogP contribution in [0.25, 0.3) is 10.9 Å². The first kappa shape index (κ1) is 24.7. The number of aromatic nitrogens is 3. The first-order valence-electron chi connectivity index (χ1n) is 11.6. The molecule has 2 atom stereocenters. The Kier molecular flexibility index (Phi) is 7.50. The van der Waals surface area contributed by atoms with Gasteiger partial charge in [-0.3, -0.25) is 14.4 Å². The number of aliphatic hydroxyl groups excluding tert-OH is 1. The van der Waals surface area contributed by atoms with E-state index in [0.29, 0.717) is 27.7 Å². The summed E-state index contributed by atoms with van der Waals surface area (Å²) in [5.74, 6) is -2.64. The summed E-state index contributed by atoms with van der Waals surface area (Å²) in [7, 11) is 0. The van der Waals surface area contributed by atoms with Crippen molar-refractivity contribution in [1.29, 1.82) is 0 Å². The lowest BCUT2D eigenvalue weighted by molar-refractivity contribution is -0.146. The normalized spacial score (nSPS) is 12.7. The molecule has 1 amide bonds. The maximum absolute atomic E-state index is 12.6. The average Bonchev–Trinajstić information content (AvgIpc) is 2.90. The molecule has 0 aliphatic carbocycles. The third-order valence-electron chi connectivity index (χ3n) is 6.11. The molecule has 9 heteroatoms. The molecule has 0 spiro atoms. The van der Waals surface area contributed by atoms with Gasteiger partial charge in [0.25, 0.3) is 11.5 Å². The van der Waals surface area contributed by atoms with Crippen LogP contribution in [0, 0.1) is 5.92 Å². The highest BCUT2D eigenvalue weighted by atomic mass is 16.4. The fourth-order valence-corrected chi connectivity index (χ4v) is 3.94. The summed E-state index contributed by atoms with van der Waals surface area (Å²) >= 11 is 0. The molecule has 184 valence electrons. The van der Waals surface area contributed by atoms with E-state index in [1.807, 2.05) is 19.1 Å². The second kappa shape index (κ2) is 10.9. The maximum Gasteiger partial charge on any atom is 0.309 e. The van der Waals surface area contributed by atoms with Gasteiger partial charge in [-0.15, -0.1) is 5.10 Å². The van der Waals surface area contributed by atoms with Crippen LogP contribution in [0.2, 0.25) is 0 Å². The predicted molar refractivity (Wildman–Crippen MR) is 135 cm³/mol. The summed E-state index contributed by atoms with van der Waals surface area (Å²) in [4.78, 5) is 37.0. The van der Waals surface area contributed by atoms with Crippen molar-refractivity contribution < 1.29 is 19.8 Å². The van der Waals surface area contributed by atoms with Crippen molar-refractivity contribution in [3.63, 3.8) is 0 Å². The van der Waals surface area contributed by atoms with Crippen LogP contribution in [0.3, 0.4) is 0 Å². The minimum absolute atomic E-state index is 0.0182. The number of hydrogen-bond donors (Lipinski definition) is 3. The number of aliphatic hydroxyl groups is 1. The van der Waals surface area contributed by atoms with Crippen LogP contribution in [0.5, 0.6) is 0 Å². The Morgan fingerprint density at radius 3 is 2.36 bits per heavy atom. The first-order valence-corrected chi connectivity index (χ1v) is 11.6. The molecule has 0 bridgehead atoms. The number of rotatable bonds is 9. The largest absolute Gasteiger partial charge is 0.481 e. The summed E-state index contributed by atoms with van der Waals surface area (Å²) < 4.78 is 1.11.